The van der Waals surface area contributed by atoms with E-state index in [1.54, 1.807) is 0 Å². The fourth-order valence-electron chi connectivity index (χ4n) is 3.01. The van der Waals surface area contributed by atoms with Gasteiger partial charge in [0, 0.05) is 24.3 Å². The predicted octanol–water partition coefficient (Wildman–Crippen LogP) is 3.83. The summed E-state index contributed by atoms with van der Waals surface area (Å²) in [6.07, 6.45) is 3.22. The van der Waals surface area contributed by atoms with Gasteiger partial charge in [0.15, 0.2) is 0 Å². The van der Waals surface area contributed by atoms with Crippen LogP contribution in [0.1, 0.15) is 45.6 Å². The molecule has 2 nitrogen and oxygen atoms in total. The van der Waals surface area contributed by atoms with E-state index in [1.807, 2.05) is 6.92 Å². The normalized spacial score (nSPS) is 27.6. The molecule has 4 heteroatoms. The number of hydrogen-bond acceptors (Lipinski definition) is 2. The van der Waals surface area contributed by atoms with Crippen molar-refractivity contribution in [3.05, 3.63) is 35.4 Å². The number of rotatable bonds is 5. The molecule has 1 heterocycles. The molecular formula is C17H25F2NO. The lowest BCUT2D eigenvalue weighted by atomic mass is 9.89. The Morgan fingerprint density at radius 2 is 2.05 bits per heavy atom. The van der Waals surface area contributed by atoms with Gasteiger partial charge in [-0.3, -0.25) is 0 Å². The molecule has 1 aromatic carbocycles. The molecule has 1 aliphatic heterocycles. The van der Waals surface area contributed by atoms with Crippen LogP contribution >= 0.6 is 0 Å². The highest BCUT2D eigenvalue weighted by Crippen LogP contribution is 2.28. The molecular weight excluding hydrogens is 272 g/mol. The topological polar surface area (TPSA) is 21.3 Å². The molecule has 2 rings (SSSR count). The lowest BCUT2D eigenvalue weighted by Crippen LogP contribution is -2.48. The van der Waals surface area contributed by atoms with Gasteiger partial charge in [0.1, 0.15) is 11.6 Å². The highest BCUT2D eigenvalue weighted by atomic mass is 19.1. The van der Waals surface area contributed by atoms with Gasteiger partial charge in [0.05, 0.1) is 5.60 Å². The standard InChI is InChI=1S/C17H25F2NO/c1-4-17(3)11-13(8-9-21-17)20-12(2)10-14-15(18)6-5-7-16(14)19/h5-7,12-13,20H,4,8-11H2,1-3H3. The molecule has 0 aliphatic carbocycles. The maximum Gasteiger partial charge on any atom is 0.129 e. The lowest BCUT2D eigenvalue weighted by molar-refractivity contribution is -0.0789. The van der Waals surface area contributed by atoms with Crippen LogP contribution in [0, 0.1) is 11.6 Å². The summed E-state index contributed by atoms with van der Waals surface area (Å²) < 4.78 is 33.2. The molecule has 0 bridgehead atoms. The maximum absolute atomic E-state index is 13.7. The molecule has 1 aliphatic rings. The monoisotopic (exact) mass is 297 g/mol. The van der Waals surface area contributed by atoms with Crippen LogP contribution in [0.5, 0.6) is 0 Å². The number of hydrogen-bond donors (Lipinski definition) is 1. The Balaban J connectivity index is 1.94. The van der Waals surface area contributed by atoms with Crippen molar-refractivity contribution in [3.8, 4) is 0 Å². The molecule has 0 aromatic heterocycles. The first-order valence-electron chi connectivity index (χ1n) is 7.76. The van der Waals surface area contributed by atoms with Crippen LogP contribution in [0.3, 0.4) is 0 Å². The Hall–Kier alpha value is -1.00. The second-order valence-electron chi connectivity index (χ2n) is 6.31. The van der Waals surface area contributed by atoms with Gasteiger partial charge in [-0.15, -0.1) is 0 Å². The van der Waals surface area contributed by atoms with Gasteiger partial charge < -0.3 is 10.1 Å². The summed E-state index contributed by atoms with van der Waals surface area (Å²) in [5.41, 5.74) is 0.0848. The van der Waals surface area contributed by atoms with Crippen molar-refractivity contribution in [2.24, 2.45) is 0 Å². The third-order valence-electron chi connectivity index (χ3n) is 4.44. The molecule has 118 valence electrons. The van der Waals surface area contributed by atoms with Gasteiger partial charge in [-0.25, -0.2) is 8.78 Å². The van der Waals surface area contributed by atoms with Gasteiger partial charge in [-0.1, -0.05) is 13.0 Å². The molecule has 3 atom stereocenters. The molecule has 0 spiro atoms. The number of ether oxygens (including phenoxy) is 1. The van der Waals surface area contributed by atoms with E-state index in [1.165, 1.54) is 18.2 Å². The van der Waals surface area contributed by atoms with E-state index in [0.717, 1.165) is 25.9 Å². The zero-order valence-electron chi connectivity index (χ0n) is 13.1. The average Bonchev–Trinajstić information content (AvgIpc) is 2.43. The summed E-state index contributed by atoms with van der Waals surface area (Å²) in [6, 6.07) is 4.40. The zero-order valence-corrected chi connectivity index (χ0v) is 13.1. The molecule has 0 saturated carbocycles. The third kappa shape index (κ3) is 4.24. The quantitative estimate of drug-likeness (QED) is 0.892. The molecule has 21 heavy (non-hydrogen) atoms. The van der Waals surface area contributed by atoms with Crippen LogP contribution in [-0.2, 0) is 11.2 Å². The minimum absolute atomic E-state index is 0.0283. The fraction of sp³-hybridized carbons (Fsp3) is 0.647. The van der Waals surface area contributed by atoms with Crippen LogP contribution in [0.15, 0.2) is 18.2 Å². The zero-order chi connectivity index (χ0) is 15.5. The highest BCUT2D eigenvalue weighted by molar-refractivity contribution is 5.20. The average molecular weight is 297 g/mol. The van der Waals surface area contributed by atoms with Gasteiger partial charge >= 0.3 is 0 Å². The number of nitrogens with one attached hydrogen (secondary N) is 1. The van der Waals surface area contributed by atoms with Crippen molar-refractivity contribution in [1.82, 2.24) is 5.32 Å². The van der Waals surface area contributed by atoms with Crippen LogP contribution in [0.25, 0.3) is 0 Å². The molecule has 1 fully saturated rings. The Labute approximate surface area is 125 Å². The van der Waals surface area contributed by atoms with E-state index in [2.05, 4.69) is 19.2 Å². The SMILES string of the molecule is CCC1(C)CC(NC(C)Cc2c(F)cccc2F)CCO1. The van der Waals surface area contributed by atoms with Gasteiger partial charge in [-0.05, 0) is 51.7 Å². The van der Waals surface area contributed by atoms with E-state index in [4.69, 9.17) is 4.74 Å². The van der Waals surface area contributed by atoms with Gasteiger partial charge in [-0.2, -0.15) is 0 Å². The van der Waals surface area contributed by atoms with Crippen LogP contribution < -0.4 is 5.32 Å². The fourth-order valence-corrected chi connectivity index (χ4v) is 3.01. The van der Waals surface area contributed by atoms with Crippen molar-refractivity contribution in [3.63, 3.8) is 0 Å². The van der Waals surface area contributed by atoms with Gasteiger partial charge in [0.2, 0.25) is 0 Å². The second kappa shape index (κ2) is 6.84. The van der Waals surface area contributed by atoms with Crippen LogP contribution in [0.4, 0.5) is 8.78 Å². The van der Waals surface area contributed by atoms with Crippen LogP contribution in [-0.4, -0.2) is 24.3 Å². The highest BCUT2D eigenvalue weighted by Gasteiger charge is 2.32. The lowest BCUT2D eigenvalue weighted by Gasteiger charge is -2.39. The first kappa shape index (κ1) is 16.4. The Morgan fingerprint density at radius 1 is 1.38 bits per heavy atom. The smallest absolute Gasteiger partial charge is 0.129 e. The summed E-state index contributed by atoms with van der Waals surface area (Å²) in [6.45, 7) is 6.97. The third-order valence-corrected chi connectivity index (χ3v) is 4.44. The Morgan fingerprint density at radius 3 is 2.67 bits per heavy atom. The summed E-state index contributed by atoms with van der Waals surface area (Å²) in [5, 5.41) is 3.50. The van der Waals surface area contributed by atoms with E-state index in [-0.39, 0.29) is 17.2 Å². The predicted molar refractivity (Wildman–Crippen MR) is 80.3 cm³/mol. The molecule has 1 N–H and O–H groups in total. The Kier molecular flexibility index (Phi) is 5.33. The molecule has 0 amide bonds. The van der Waals surface area contributed by atoms with Crippen molar-refractivity contribution in [1.29, 1.82) is 0 Å². The van der Waals surface area contributed by atoms with E-state index < -0.39 is 11.6 Å². The van der Waals surface area contributed by atoms with Gasteiger partial charge in [0.25, 0.3) is 0 Å². The van der Waals surface area contributed by atoms with Crippen molar-refractivity contribution in [2.75, 3.05) is 6.61 Å². The summed E-state index contributed by atoms with van der Waals surface area (Å²) in [5.74, 6) is -0.928. The molecule has 3 unspecified atom stereocenters. The second-order valence-corrected chi connectivity index (χ2v) is 6.31. The number of benzene rings is 1. The number of halogens is 2. The van der Waals surface area contributed by atoms with E-state index >= 15 is 0 Å². The van der Waals surface area contributed by atoms with Crippen molar-refractivity contribution < 1.29 is 13.5 Å². The molecule has 0 radical (unpaired) electrons. The summed E-state index contributed by atoms with van der Waals surface area (Å²) in [7, 11) is 0. The maximum atomic E-state index is 13.7. The van der Waals surface area contributed by atoms with E-state index in [9.17, 15) is 8.78 Å². The largest absolute Gasteiger partial charge is 0.375 e. The molecule has 1 aromatic rings. The van der Waals surface area contributed by atoms with Crippen LogP contribution in [0.2, 0.25) is 0 Å². The minimum atomic E-state index is -0.464. The van der Waals surface area contributed by atoms with Crippen molar-refractivity contribution in [2.45, 2.75) is 64.1 Å². The molecule has 1 saturated heterocycles. The summed E-state index contributed by atoms with van der Waals surface area (Å²) in [4.78, 5) is 0. The van der Waals surface area contributed by atoms with E-state index in [0.29, 0.717) is 12.5 Å². The first-order chi connectivity index (χ1) is 9.93. The minimum Gasteiger partial charge on any atom is -0.375 e. The first-order valence-corrected chi connectivity index (χ1v) is 7.76. The Bertz CT molecular complexity index is 460. The van der Waals surface area contributed by atoms with Crippen molar-refractivity contribution >= 4 is 0 Å². The summed E-state index contributed by atoms with van der Waals surface area (Å²) >= 11 is 0.